The number of hydrogen-bond acceptors (Lipinski definition) is 3. The van der Waals surface area contributed by atoms with Crippen molar-refractivity contribution in [1.82, 2.24) is 4.72 Å². The average Bonchev–Trinajstić information content (AvgIpc) is 2.29. The van der Waals surface area contributed by atoms with Crippen molar-refractivity contribution in [3.8, 4) is 0 Å². The second kappa shape index (κ2) is 7.28. The Kier molecular flexibility index (Phi) is 6.67. The predicted molar refractivity (Wildman–Crippen MR) is 84.6 cm³/mol. The van der Waals surface area contributed by atoms with Crippen molar-refractivity contribution >= 4 is 53.6 Å². The summed E-state index contributed by atoms with van der Waals surface area (Å²) in [5, 5.41) is 0. The molecule has 0 spiro atoms. The maximum absolute atomic E-state index is 12.2. The van der Waals surface area contributed by atoms with Crippen LogP contribution in [0.1, 0.15) is 13.3 Å². The van der Waals surface area contributed by atoms with Crippen molar-refractivity contribution in [3.63, 3.8) is 0 Å². The van der Waals surface area contributed by atoms with E-state index < -0.39 is 10.0 Å². The molecule has 102 valence electrons. The first-order valence-electron chi connectivity index (χ1n) is 5.33. The number of nitrogens with one attached hydrogen (secondary N) is 1. The first-order chi connectivity index (χ1) is 8.36. The van der Waals surface area contributed by atoms with Gasteiger partial charge in [0.05, 0.1) is 4.90 Å². The number of thioether (sulfide) groups is 1. The van der Waals surface area contributed by atoms with E-state index in [4.69, 9.17) is 0 Å². The zero-order chi connectivity index (χ0) is 13.8. The van der Waals surface area contributed by atoms with E-state index >= 15 is 0 Å². The summed E-state index contributed by atoms with van der Waals surface area (Å²) in [7, 11) is -3.48. The summed E-state index contributed by atoms with van der Waals surface area (Å²) in [6, 6.07) is 5.02. The lowest BCUT2D eigenvalue weighted by atomic mass is 10.3. The van der Waals surface area contributed by atoms with Crippen LogP contribution in [-0.2, 0) is 10.0 Å². The Morgan fingerprint density at radius 1 is 1.39 bits per heavy atom. The molecule has 0 bridgehead atoms. The lowest BCUT2D eigenvalue weighted by molar-refractivity contribution is 0.556. The third kappa shape index (κ3) is 4.85. The van der Waals surface area contributed by atoms with Gasteiger partial charge in [-0.3, -0.25) is 0 Å². The summed E-state index contributed by atoms with van der Waals surface area (Å²) >= 11 is 8.25. The standard InChI is InChI=1S/C11H15Br2NO2S2/c1-8(5-6-17-2)14-18(15,16)11-7-9(12)3-4-10(11)13/h3-4,7-8,14H,5-6H2,1-2H3. The maximum atomic E-state index is 12.2. The van der Waals surface area contributed by atoms with Gasteiger partial charge in [-0.15, -0.1) is 0 Å². The highest BCUT2D eigenvalue weighted by atomic mass is 79.9. The van der Waals surface area contributed by atoms with E-state index in [0.29, 0.717) is 4.47 Å². The average molecular weight is 417 g/mol. The highest BCUT2D eigenvalue weighted by Gasteiger charge is 2.20. The summed E-state index contributed by atoms with van der Waals surface area (Å²) in [5.41, 5.74) is 0. The Balaban J connectivity index is 2.89. The zero-order valence-corrected chi connectivity index (χ0v) is 14.9. The fraction of sp³-hybridized carbons (Fsp3) is 0.455. The van der Waals surface area contributed by atoms with Gasteiger partial charge in [-0.2, -0.15) is 11.8 Å². The number of benzene rings is 1. The van der Waals surface area contributed by atoms with Crippen molar-refractivity contribution in [2.75, 3.05) is 12.0 Å². The van der Waals surface area contributed by atoms with Crippen molar-refractivity contribution in [3.05, 3.63) is 27.1 Å². The zero-order valence-electron chi connectivity index (χ0n) is 10.1. The van der Waals surface area contributed by atoms with Gasteiger partial charge in [0, 0.05) is 15.0 Å². The van der Waals surface area contributed by atoms with E-state index in [2.05, 4.69) is 36.6 Å². The molecule has 0 fully saturated rings. The fourth-order valence-corrected chi connectivity index (χ4v) is 4.73. The number of halogens is 2. The molecule has 0 aromatic heterocycles. The normalized spacial score (nSPS) is 13.6. The van der Waals surface area contributed by atoms with Crippen LogP contribution in [0.15, 0.2) is 32.0 Å². The molecule has 3 nitrogen and oxygen atoms in total. The van der Waals surface area contributed by atoms with Gasteiger partial charge >= 0.3 is 0 Å². The second-order valence-corrected chi connectivity index (χ2v) is 8.32. The van der Waals surface area contributed by atoms with E-state index in [1.165, 1.54) is 0 Å². The highest BCUT2D eigenvalue weighted by Crippen LogP contribution is 2.25. The number of rotatable bonds is 6. The molecule has 0 saturated heterocycles. The van der Waals surface area contributed by atoms with E-state index in [1.54, 1.807) is 30.0 Å². The van der Waals surface area contributed by atoms with Gasteiger partial charge in [0.1, 0.15) is 0 Å². The van der Waals surface area contributed by atoms with Gasteiger partial charge < -0.3 is 0 Å². The van der Waals surface area contributed by atoms with E-state index in [0.717, 1.165) is 16.6 Å². The quantitative estimate of drug-likeness (QED) is 0.769. The molecule has 0 heterocycles. The monoisotopic (exact) mass is 415 g/mol. The molecule has 1 unspecified atom stereocenters. The molecule has 7 heteroatoms. The minimum Gasteiger partial charge on any atom is -0.208 e. The molecule has 0 aliphatic carbocycles. The van der Waals surface area contributed by atoms with Crippen molar-refractivity contribution < 1.29 is 8.42 Å². The summed E-state index contributed by atoms with van der Waals surface area (Å²) in [6.07, 6.45) is 2.82. The van der Waals surface area contributed by atoms with Gasteiger partial charge in [0.2, 0.25) is 10.0 Å². The minimum atomic E-state index is -3.48. The molecule has 0 aliphatic heterocycles. The number of hydrogen-bond donors (Lipinski definition) is 1. The van der Waals surface area contributed by atoms with Crippen LogP contribution in [0, 0.1) is 0 Å². The molecule has 18 heavy (non-hydrogen) atoms. The van der Waals surface area contributed by atoms with Crippen LogP contribution >= 0.6 is 43.6 Å². The third-order valence-corrected chi connectivity index (χ3v) is 6.01. The molecular weight excluding hydrogens is 402 g/mol. The first-order valence-corrected chi connectivity index (χ1v) is 9.79. The molecule has 0 aliphatic rings. The third-order valence-electron chi connectivity index (χ3n) is 2.29. The van der Waals surface area contributed by atoms with Crippen molar-refractivity contribution in [2.45, 2.75) is 24.3 Å². The Morgan fingerprint density at radius 2 is 2.06 bits per heavy atom. The fourth-order valence-electron chi connectivity index (χ4n) is 1.37. The van der Waals surface area contributed by atoms with Gasteiger partial charge in [-0.05, 0) is 59.5 Å². The molecule has 1 atom stereocenters. The summed E-state index contributed by atoms with van der Waals surface area (Å²) < 4.78 is 28.4. The molecular formula is C11H15Br2NO2S2. The van der Waals surface area contributed by atoms with Crippen LogP contribution in [0.3, 0.4) is 0 Å². The van der Waals surface area contributed by atoms with E-state index in [-0.39, 0.29) is 10.9 Å². The second-order valence-electron chi connectivity index (χ2n) is 3.88. The van der Waals surface area contributed by atoms with Crippen LogP contribution in [0.25, 0.3) is 0 Å². The topological polar surface area (TPSA) is 46.2 Å². The SMILES string of the molecule is CSCCC(C)NS(=O)(=O)c1cc(Br)ccc1Br. The van der Waals surface area contributed by atoms with Crippen LogP contribution in [-0.4, -0.2) is 26.5 Å². The van der Waals surface area contributed by atoms with Crippen LogP contribution in [0.4, 0.5) is 0 Å². The van der Waals surface area contributed by atoms with Crippen molar-refractivity contribution in [2.24, 2.45) is 0 Å². The van der Waals surface area contributed by atoms with E-state index in [9.17, 15) is 8.42 Å². The predicted octanol–water partition coefficient (Wildman–Crippen LogP) is 3.63. The lowest BCUT2D eigenvalue weighted by Crippen LogP contribution is -2.33. The van der Waals surface area contributed by atoms with Gasteiger partial charge in [0.15, 0.2) is 0 Å². The lowest BCUT2D eigenvalue weighted by Gasteiger charge is -2.14. The summed E-state index contributed by atoms with van der Waals surface area (Å²) in [5.74, 6) is 0.934. The Labute approximate surface area is 129 Å². The van der Waals surface area contributed by atoms with Gasteiger partial charge in [0.25, 0.3) is 0 Å². The molecule has 1 aromatic carbocycles. The van der Waals surface area contributed by atoms with Gasteiger partial charge in [-0.1, -0.05) is 15.9 Å². The maximum Gasteiger partial charge on any atom is 0.241 e. The number of sulfonamides is 1. The molecule has 0 amide bonds. The Hall–Kier alpha value is 0.440. The van der Waals surface area contributed by atoms with Crippen LogP contribution in [0.5, 0.6) is 0 Å². The van der Waals surface area contributed by atoms with E-state index in [1.807, 2.05) is 13.2 Å². The molecule has 1 N–H and O–H groups in total. The summed E-state index contributed by atoms with van der Waals surface area (Å²) in [4.78, 5) is 0.257. The van der Waals surface area contributed by atoms with Gasteiger partial charge in [-0.25, -0.2) is 13.1 Å². The largest absolute Gasteiger partial charge is 0.241 e. The molecule has 1 rings (SSSR count). The van der Waals surface area contributed by atoms with Crippen LogP contribution in [0.2, 0.25) is 0 Å². The minimum absolute atomic E-state index is 0.0756. The smallest absolute Gasteiger partial charge is 0.208 e. The highest BCUT2D eigenvalue weighted by molar-refractivity contribution is 9.11. The molecule has 1 aromatic rings. The summed E-state index contributed by atoms with van der Waals surface area (Å²) in [6.45, 7) is 1.87. The Bertz CT molecular complexity index is 506. The van der Waals surface area contributed by atoms with Crippen molar-refractivity contribution in [1.29, 1.82) is 0 Å². The Morgan fingerprint density at radius 3 is 2.67 bits per heavy atom. The molecule has 0 radical (unpaired) electrons. The first kappa shape index (κ1) is 16.5. The van der Waals surface area contributed by atoms with Crippen LogP contribution < -0.4 is 4.72 Å². The molecule has 0 saturated carbocycles.